The Morgan fingerprint density at radius 3 is 2.64 bits per heavy atom. The lowest BCUT2D eigenvalue weighted by Gasteiger charge is -2.10. The van der Waals surface area contributed by atoms with Gasteiger partial charge in [0.1, 0.15) is 0 Å². The monoisotopic (exact) mass is 338 g/mol. The van der Waals surface area contributed by atoms with Crippen LogP contribution < -0.4 is 9.47 Å². The number of nitro benzene ring substituents is 1. The van der Waals surface area contributed by atoms with Crippen molar-refractivity contribution in [2.24, 2.45) is 0 Å². The summed E-state index contributed by atoms with van der Waals surface area (Å²) in [4.78, 5) is 14.2. The molecule has 3 aromatic rings. The highest BCUT2D eigenvalue weighted by Gasteiger charge is 2.18. The van der Waals surface area contributed by atoms with E-state index in [4.69, 9.17) is 9.47 Å². The number of benzene rings is 2. The second kappa shape index (κ2) is 7.09. The summed E-state index contributed by atoms with van der Waals surface area (Å²) in [5, 5.41) is 12.5. The fourth-order valence-electron chi connectivity index (χ4n) is 2.65. The van der Waals surface area contributed by atoms with E-state index in [0.717, 1.165) is 16.6 Å². The van der Waals surface area contributed by atoms with Crippen molar-refractivity contribution >= 4 is 28.7 Å². The van der Waals surface area contributed by atoms with E-state index in [1.54, 1.807) is 12.1 Å². The molecule has 1 heterocycles. The minimum absolute atomic E-state index is 0.0346. The van der Waals surface area contributed by atoms with E-state index in [9.17, 15) is 10.1 Å². The molecule has 6 heteroatoms. The number of aromatic amines is 1. The molecule has 0 aliphatic carbocycles. The zero-order valence-corrected chi connectivity index (χ0v) is 14.0. The number of nitrogens with zero attached hydrogens (tertiary/aromatic N) is 1. The fraction of sp³-hybridized carbons (Fsp3) is 0.158. The number of hydrogen-bond acceptors (Lipinski definition) is 4. The summed E-state index contributed by atoms with van der Waals surface area (Å²) >= 11 is 0. The third-order valence-corrected chi connectivity index (χ3v) is 3.80. The van der Waals surface area contributed by atoms with Crippen molar-refractivity contribution in [2.75, 3.05) is 13.7 Å². The van der Waals surface area contributed by atoms with Crippen LogP contribution in [-0.2, 0) is 0 Å². The van der Waals surface area contributed by atoms with Gasteiger partial charge in [-0.15, -0.1) is 0 Å². The van der Waals surface area contributed by atoms with Crippen molar-refractivity contribution in [3.8, 4) is 11.5 Å². The zero-order chi connectivity index (χ0) is 17.8. The molecule has 0 aliphatic rings. The third-order valence-electron chi connectivity index (χ3n) is 3.80. The Hall–Kier alpha value is -3.28. The summed E-state index contributed by atoms with van der Waals surface area (Å²) in [6, 6.07) is 12.9. The topological polar surface area (TPSA) is 77.4 Å². The van der Waals surface area contributed by atoms with Gasteiger partial charge in [0.05, 0.1) is 30.3 Å². The van der Waals surface area contributed by atoms with Crippen molar-refractivity contribution in [1.29, 1.82) is 0 Å². The van der Waals surface area contributed by atoms with Gasteiger partial charge in [-0.05, 0) is 42.7 Å². The van der Waals surface area contributed by atoms with E-state index in [1.807, 2.05) is 43.3 Å². The average molecular weight is 338 g/mol. The van der Waals surface area contributed by atoms with E-state index < -0.39 is 4.92 Å². The van der Waals surface area contributed by atoms with Crippen molar-refractivity contribution in [3.05, 3.63) is 63.8 Å². The van der Waals surface area contributed by atoms with Gasteiger partial charge in [0.2, 0.25) is 0 Å². The quantitative estimate of drug-likeness (QED) is 0.524. The molecule has 2 aromatic carbocycles. The maximum Gasteiger partial charge on any atom is 0.280 e. The van der Waals surface area contributed by atoms with Crippen LogP contribution in [0.25, 0.3) is 23.1 Å². The maximum atomic E-state index is 11.4. The van der Waals surface area contributed by atoms with Crippen molar-refractivity contribution < 1.29 is 14.4 Å². The number of hydrogen-bond donors (Lipinski definition) is 1. The first-order valence-corrected chi connectivity index (χ1v) is 7.87. The minimum atomic E-state index is -0.427. The lowest BCUT2D eigenvalue weighted by molar-refractivity contribution is -0.385. The molecule has 0 saturated heterocycles. The predicted octanol–water partition coefficient (Wildman–Crippen LogP) is 4.65. The lowest BCUT2D eigenvalue weighted by atomic mass is 10.1. The van der Waals surface area contributed by atoms with Gasteiger partial charge in [0.25, 0.3) is 5.69 Å². The van der Waals surface area contributed by atoms with E-state index in [0.29, 0.717) is 23.7 Å². The zero-order valence-electron chi connectivity index (χ0n) is 14.0. The number of ether oxygens (including phenoxy) is 2. The Kier molecular flexibility index (Phi) is 4.70. The van der Waals surface area contributed by atoms with Gasteiger partial charge in [-0.1, -0.05) is 18.2 Å². The van der Waals surface area contributed by atoms with Crippen molar-refractivity contribution in [1.82, 2.24) is 4.98 Å². The van der Waals surface area contributed by atoms with Gasteiger partial charge < -0.3 is 14.5 Å². The summed E-state index contributed by atoms with van der Waals surface area (Å²) < 4.78 is 10.7. The standard InChI is InChI=1S/C19H18N2O4/c1-3-25-19-11-14(17(21(22)23)12-18(19)24-2)8-9-15-10-13-6-4-5-7-16(13)20-15/h4-12,20H,3H2,1-2H3. The number of aromatic nitrogens is 1. The number of methoxy groups -OCH3 is 1. The first kappa shape index (κ1) is 16.6. The molecule has 0 atom stereocenters. The number of H-pyrrole nitrogens is 1. The second-order valence-electron chi connectivity index (χ2n) is 5.40. The summed E-state index contributed by atoms with van der Waals surface area (Å²) in [7, 11) is 1.46. The lowest BCUT2D eigenvalue weighted by Crippen LogP contribution is -1.99. The van der Waals surface area contributed by atoms with E-state index in [-0.39, 0.29) is 5.69 Å². The molecule has 0 saturated carbocycles. The number of para-hydroxylation sites is 1. The van der Waals surface area contributed by atoms with Gasteiger partial charge in [0, 0.05) is 11.2 Å². The highest BCUT2D eigenvalue weighted by molar-refractivity contribution is 5.85. The SMILES string of the molecule is CCOc1cc(C=Cc2cc3ccccc3[nH]2)c([N+](=O)[O-])cc1OC. The highest BCUT2D eigenvalue weighted by atomic mass is 16.6. The van der Waals surface area contributed by atoms with Crippen LogP contribution in [0.15, 0.2) is 42.5 Å². The number of fused-ring (bicyclic) bond motifs is 1. The minimum Gasteiger partial charge on any atom is -0.493 e. The van der Waals surface area contributed by atoms with Crippen molar-refractivity contribution in [2.45, 2.75) is 6.92 Å². The van der Waals surface area contributed by atoms with Crippen LogP contribution in [0.1, 0.15) is 18.2 Å². The van der Waals surface area contributed by atoms with Gasteiger partial charge >= 0.3 is 0 Å². The Morgan fingerprint density at radius 1 is 1.16 bits per heavy atom. The van der Waals surface area contributed by atoms with Crippen LogP contribution >= 0.6 is 0 Å². The number of nitro groups is 1. The molecule has 0 unspecified atom stereocenters. The van der Waals surface area contributed by atoms with Crippen LogP contribution in [0.5, 0.6) is 11.5 Å². The summed E-state index contributed by atoms with van der Waals surface area (Å²) in [5.41, 5.74) is 2.30. The van der Waals surface area contributed by atoms with E-state index in [1.165, 1.54) is 13.2 Å². The molecular weight excluding hydrogens is 320 g/mol. The molecular formula is C19H18N2O4. The largest absolute Gasteiger partial charge is 0.493 e. The van der Waals surface area contributed by atoms with E-state index in [2.05, 4.69) is 4.98 Å². The average Bonchev–Trinajstić information content (AvgIpc) is 3.03. The first-order valence-electron chi connectivity index (χ1n) is 7.87. The molecule has 0 bridgehead atoms. The molecule has 0 spiro atoms. The summed E-state index contributed by atoms with van der Waals surface area (Å²) in [6.45, 7) is 2.29. The first-order chi connectivity index (χ1) is 12.1. The van der Waals surface area contributed by atoms with Crippen LogP contribution in [0.3, 0.4) is 0 Å². The smallest absolute Gasteiger partial charge is 0.280 e. The van der Waals surface area contributed by atoms with Crippen LogP contribution in [0, 0.1) is 10.1 Å². The second-order valence-corrected chi connectivity index (χ2v) is 5.40. The normalized spacial score (nSPS) is 11.1. The van der Waals surface area contributed by atoms with Gasteiger partial charge in [0.15, 0.2) is 11.5 Å². The van der Waals surface area contributed by atoms with Crippen LogP contribution in [0.4, 0.5) is 5.69 Å². The molecule has 0 amide bonds. The number of rotatable bonds is 6. The Morgan fingerprint density at radius 2 is 1.96 bits per heavy atom. The summed E-state index contributed by atoms with van der Waals surface area (Å²) in [5.74, 6) is 0.822. The van der Waals surface area contributed by atoms with Gasteiger partial charge in [-0.25, -0.2) is 0 Å². The third kappa shape index (κ3) is 3.47. The van der Waals surface area contributed by atoms with Gasteiger partial charge in [-0.3, -0.25) is 10.1 Å². The molecule has 0 fully saturated rings. The van der Waals surface area contributed by atoms with Crippen molar-refractivity contribution in [3.63, 3.8) is 0 Å². The molecule has 1 N–H and O–H groups in total. The molecule has 6 nitrogen and oxygen atoms in total. The summed E-state index contributed by atoms with van der Waals surface area (Å²) in [6.07, 6.45) is 3.51. The predicted molar refractivity (Wildman–Crippen MR) is 98.0 cm³/mol. The Labute approximate surface area is 144 Å². The fourth-order valence-corrected chi connectivity index (χ4v) is 2.65. The Bertz CT molecular complexity index is 911. The van der Waals surface area contributed by atoms with Gasteiger partial charge in [-0.2, -0.15) is 0 Å². The number of nitrogens with one attached hydrogen (secondary N) is 1. The van der Waals surface area contributed by atoms with Crippen LogP contribution in [0.2, 0.25) is 0 Å². The molecule has 0 radical (unpaired) electrons. The molecule has 0 aliphatic heterocycles. The molecule has 1 aromatic heterocycles. The Balaban J connectivity index is 2.01. The van der Waals surface area contributed by atoms with Crippen LogP contribution in [-0.4, -0.2) is 23.6 Å². The van der Waals surface area contributed by atoms with E-state index >= 15 is 0 Å². The molecule has 3 rings (SSSR count). The molecule has 128 valence electrons. The maximum absolute atomic E-state index is 11.4. The highest BCUT2D eigenvalue weighted by Crippen LogP contribution is 2.35. The molecule has 25 heavy (non-hydrogen) atoms.